The molecule has 1 atom stereocenters. The van der Waals surface area contributed by atoms with Crippen LogP contribution in [0.1, 0.15) is 73.4 Å². The fourth-order valence-corrected chi connectivity index (χ4v) is 6.38. The highest BCUT2D eigenvalue weighted by molar-refractivity contribution is 6.04. The predicted octanol–water partition coefficient (Wildman–Crippen LogP) is 6.83. The number of carbonyl (C=O) groups is 2. The summed E-state index contributed by atoms with van der Waals surface area (Å²) in [4.78, 5) is 36.5. The van der Waals surface area contributed by atoms with Crippen molar-refractivity contribution in [3.63, 3.8) is 0 Å². The van der Waals surface area contributed by atoms with Crippen LogP contribution in [0.4, 0.5) is 10.5 Å². The number of benzene rings is 2. The first-order chi connectivity index (χ1) is 21.5. The van der Waals surface area contributed by atoms with Gasteiger partial charge in [0.15, 0.2) is 0 Å². The normalized spacial score (nSPS) is 17.9. The molecule has 44 heavy (non-hydrogen) atoms. The highest BCUT2D eigenvalue weighted by Crippen LogP contribution is 2.24. The van der Waals surface area contributed by atoms with Crippen molar-refractivity contribution in [2.24, 2.45) is 5.92 Å². The van der Waals surface area contributed by atoms with Crippen LogP contribution >= 0.6 is 0 Å². The third-order valence-electron chi connectivity index (χ3n) is 9.10. The lowest BCUT2D eigenvalue weighted by Gasteiger charge is -2.35. The topological polar surface area (TPSA) is 78.0 Å². The Bertz CT molecular complexity index is 1320. The van der Waals surface area contributed by atoms with E-state index in [-0.39, 0.29) is 17.9 Å². The van der Waals surface area contributed by atoms with E-state index < -0.39 is 0 Å². The zero-order chi connectivity index (χ0) is 30.7. The number of aromatic nitrogens is 1. The number of nitrogens with zero attached hydrogens (tertiary/aromatic N) is 4. The number of rotatable bonds is 11. The Morgan fingerprint density at radius 1 is 0.932 bits per heavy atom. The maximum atomic E-state index is 12.8. The van der Waals surface area contributed by atoms with Crippen molar-refractivity contribution < 1.29 is 14.3 Å². The highest BCUT2D eigenvalue weighted by Gasteiger charge is 2.25. The number of pyridine rings is 1. The van der Waals surface area contributed by atoms with E-state index in [4.69, 9.17) is 4.74 Å². The molecule has 2 aliphatic heterocycles. The number of hydrogen-bond acceptors (Lipinski definition) is 6. The molecule has 1 N–H and O–H groups in total. The minimum Gasteiger partial charge on any atom is -0.391 e. The molecule has 0 aliphatic carbocycles. The standard InChI is InChI=1S/C36H47N5O3/c1-3-33-11-7-8-21-41(33)27-30-12-14-31(15-13-30)35(42)38-32-16-17-34(37-25-32)44-36(43)40-23-19-28(20-24-40)18-22-39(2)26-29-9-5-4-6-10-29/h4-6,9-10,12-17,25,28,33H,3,7-8,11,18-24,26-27H2,1-2H3,(H,38,42). The number of likely N-dealkylation sites (tertiary alicyclic amines) is 2. The number of hydrogen-bond donors (Lipinski definition) is 1. The van der Waals surface area contributed by atoms with Crippen LogP contribution in [0.25, 0.3) is 0 Å². The van der Waals surface area contributed by atoms with Gasteiger partial charge in [-0.2, -0.15) is 0 Å². The number of nitrogens with one attached hydrogen (secondary N) is 1. The molecule has 0 radical (unpaired) electrons. The molecule has 0 spiro atoms. The lowest BCUT2D eigenvalue weighted by atomic mass is 9.93. The summed E-state index contributed by atoms with van der Waals surface area (Å²) in [5, 5.41) is 2.89. The molecule has 2 saturated heterocycles. The van der Waals surface area contributed by atoms with Gasteiger partial charge in [-0.15, -0.1) is 0 Å². The van der Waals surface area contributed by atoms with Gasteiger partial charge in [0.05, 0.1) is 11.9 Å². The molecule has 3 heterocycles. The van der Waals surface area contributed by atoms with E-state index in [9.17, 15) is 9.59 Å². The Labute approximate surface area is 262 Å². The van der Waals surface area contributed by atoms with Crippen molar-refractivity contribution in [3.05, 3.63) is 89.6 Å². The predicted molar refractivity (Wildman–Crippen MR) is 175 cm³/mol. The summed E-state index contributed by atoms with van der Waals surface area (Å²) in [5.41, 5.74) is 3.71. The molecule has 8 nitrogen and oxygen atoms in total. The van der Waals surface area contributed by atoms with Crippen LogP contribution in [0.2, 0.25) is 0 Å². The Morgan fingerprint density at radius 3 is 2.41 bits per heavy atom. The summed E-state index contributed by atoms with van der Waals surface area (Å²) in [6.07, 6.45) is 9.27. The van der Waals surface area contributed by atoms with E-state index in [2.05, 4.69) is 58.3 Å². The van der Waals surface area contributed by atoms with Crippen molar-refractivity contribution in [2.45, 2.75) is 71.0 Å². The molecule has 1 aromatic heterocycles. The van der Waals surface area contributed by atoms with Gasteiger partial charge in [-0.1, -0.05) is 55.8 Å². The SMILES string of the molecule is CCC1CCCCN1Cc1ccc(C(=O)Nc2ccc(OC(=O)N3CCC(CCN(C)Cc4ccccc4)CC3)nc2)cc1. The fourth-order valence-electron chi connectivity index (χ4n) is 6.38. The molecule has 1 unspecified atom stereocenters. The van der Waals surface area contributed by atoms with Gasteiger partial charge in [0.25, 0.3) is 5.91 Å². The summed E-state index contributed by atoms with van der Waals surface area (Å²) >= 11 is 0. The molecule has 3 aromatic rings. The Morgan fingerprint density at radius 2 is 1.70 bits per heavy atom. The van der Waals surface area contributed by atoms with Gasteiger partial charge < -0.3 is 19.9 Å². The van der Waals surface area contributed by atoms with E-state index in [1.807, 2.05) is 30.3 Å². The zero-order valence-corrected chi connectivity index (χ0v) is 26.3. The van der Waals surface area contributed by atoms with E-state index in [0.717, 1.165) is 45.4 Å². The van der Waals surface area contributed by atoms with Crippen LogP contribution in [0, 0.1) is 5.92 Å². The Hall–Kier alpha value is -3.75. The van der Waals surface area contributed by atoms with Gasteiger partial charge in [0, 0.05) is 43.9 Å². The summed E-state index contributed by atoms with van der Waals surface area (Å²) in [6, 6.07) is 22.4. The number of amides is 2. The minimum absolute atomic E-state index is 0.193. The monoisotopic (exact) mass is 597 g/mol. The molecule has 8 heteroatoms. The van der Waals surface area contributed by atoms with Gasteiger partial charge in [0.1, 0.15) is 0 Å². The molecule has 234 valence electrons. The lowest BCUT2D eigenvalue weighted by Crippen LogP contribution is -2.40. The van der Waals surface area contributed by atoms with Crippen molar-refractivity contribution in [2.75, 3.05) is 38.5 Å². The maximum Gasteiger partial charge on any atom is 0.416 e. The van der Waals surface area contributed by atoms with Crippen LogP contribution < -0.4 is 10.1 Å². The number of piperidine rings is 2. The van der Waals surface area contributed by atoms with Crippen molar-refractivity contribution in [3.8, 4) is 5.88 Å². The van der Waals surface area contributed by atoms with Crippen molar-refractivity contribution >= 4 is 17.7 Å². The average Bonchev–Trinajstić information content (AvgIpc) is 3.06. The third-order valence-corrected chi connectivity index (χ3v) is 9.10. The van der Waals surface area contributed by atoms with Crippen LogP contribution in [0.15, 0.2) is 72.9 Å². The minimum atomic E-state index is -0.371. The summed E-state index contributed by atoms with van der Waals surface area (Å²) in [5.74, 6) is 0.643. The summed E-state index contributed by atoms with van der Waals surface area (Å²) < 4.78 is 5.54. The van der Waals surface area contributed by atoms with E-state index in [0.29, 0.717) is 36.3 Å². The molecule has 2 aliphatic rings. The number of carbonyl (C=O) groups excluding carboxylic acids is 2. The lowest BCUT2D eigenvalue weighted by molar-refractivity contribution is 0.102. The van der Waals surface area contributed by atoms with E-state index in [1.165, 1.54) is 43.0 Å². The van der Waals surface area contributed by atoms with Crippen molar-refractivity contribution in [1.82, 2.24) is 19.7 Å². The second kappa shape index (κ2) is 15.8. The zero-order valence-electron chi connectivity index (χ0n) is 26.3. The average molecular weight is 598 g/mol. The summed E-state index contributed by atoms with van der Waals surface area (Å²) in [7, 11) is 2.17. The maximum absolute atomic E-state index is 12.8. The molecule has 0 saturated carbocycles. The van der Waals surface area contributed by atoms with Gasteiger partial charge in [-0.05, 0) is 93.9 Å². The fraction of sp³-hybridized carbons (Fsp3) is 0.472. The Balaban J connectivity index is 1.02. The van der Waals surface area contributed by atoms with E-state index in [1.54, 1.807) is 17.0 Å². The summed E-state index contributed by atoms with van der Waals surface area (Å²) in [6.45, 7) is 7.71. The van der Waals surface area contributed by atoms with Crippen molar-refractivity contribution in [1.29, 1.82) is 0 Å². The van der Waals surface area contributed by atoms with Gasteiger partial charge in [-0.25, -0.2) is 9.78 Å². The second-order valence-corrected chi connectivity index (χ2v) is 12.4. The molecular weight excluding hydrogens is 550 g/mol. The van der Waals surface area contributed by atoms with E-state index >= 15 is 0 Å². The third kappa shape index (κ3) is 9.13. The first kappa shape index (κ1) is 31.7. The molecule has 2 aromatic carbocycles. The molecular formula is C36H47N5O3. The molecule has 2 fully saturated rings. The van der Waals surface area contributed by atoms with Crippen LogP contribution in [0.3, 0.4) is 0 Å². The first-order valence-electron chi connectivity index (χ1n) is 16.3. The van der Waals surface area contributed by atoms with Crippen LogP contribution in [0.5, 0.6) is 5.88 Å². The first-order valence-corrected chi connectivity index (χ1v) is 16.3. The smallest absolute Gasteiger partial charge is 0.391 e. The Kier molecular flexibility index (Phi) is 11.4. The van der Waals surface area contributed by atoms with Crippen LogP contribution in [-0.2, 0) is 13.1 Å². The largest absolute Gasteiger partial charge is 0.416 e. The highest BCUT2D eigenvalue weighted by atomic mass is 16.6. The van der Waals surface area contributed by atoms with Gasteiger partial charge >= 0.3 is 6.09 Å². The number of anilines is 1. The molecule has 0 bridgehead atoms. The van der Waals surface area contributed by atoms with Crippen LogP contribution in [-0.4, -0.2) is 71.0 Å². The van der Waals surface area contributed by atoms with Gasteiger partial charge in [0.2, 0.25) is 5.88 Å². The molecule has 2 amide bonds. The molecule has 5 rings (SSSR count). The number of ether oxygens (including phenoxy) is 1. The quantitative estimate of drug-likeness (QED) is 0.261. The second-order valence-electron chi connectivity index (χ2n) is 12.4. The van der Waals surface area contributed by atoms with Gasteiger partial charge in [-0.3, -0.25) is 9.69 Å².